The average Bonchev–Trinajstić information content (AvgIpc) is 3.39. The third-order valence-electron chi connectivity index (χ3n) is 6.73. The fourth-order valence-electron chi connectivity index (χ4n) is 4.65. The summed E-state index contributed by atoms with van der Waals surface area (Å²) >= 11 is 0. The van der Waals surface area contributed by atoms with Crippen molar-refractivity contribution in [3.8, 4) is 5.75 Å². The van der Waals surface area contributed by atoms with E-state index < -0.39 is 0 Å². The molecular formula is C30H32N4O4. The molecule has 1 unspecified atom stereocenters. The molecule has 38 heavy (non-hydrogen) atoms. The van der Waals surface area contributed by atoms with Gasteiger partial charge in [0, 0.05) is 23.5 Å². The molecule has 0 bridgehead atoms. The molecule has 1 atom stereocenters. The Morgan fingerprint density at radius 2 is 1.82 bits per heavy atom. The van der Waals surface area contributed by atoms with E-state index in [2.05, 4.69) is 10.6 Å². The van der Waals surface area contributed by atoms with Crippen molar-refractivity contribution < 1.29 is 18.7 Å². The molecule has 1 aromatic heterocycles. The zero-order chi connectivity index (χ0) is 26.3. The van der Waals surface area contributed by atoms with Crippen molar-refractivity contribution >= 4 is 34.2 Å². The first-order valence-corrected chi connectivity index (χ1v) is 13.0. The van der Waals surface area contributed by atoms with Crippen LogP contribution in [0, 0.1) is 0 Å². The summed E-state index contributed by atoms with van der Waals surface area (Å²) in [4.78, 5) is 27.8. The molecule has 0 aliphatic carbocycles. The SMILES string of the molecule is Nc1ccccc1NC(=O)c1ccc(OCCN(CC2CCCCN2)C(=O)c2cc3ccccc3o2)cc1. The van der Waals surface area contributed by atoms with E-state index in [1.807, 2.05) is 36.4 Å². The lowest BCUT2D eigenvalue weighted by Gasteiger charge is -2.30. The maximum atomic E-state index is 13.4. The van der Waals surface area contributed by atoms with Crippen LogP contribution in [-0.4, -0.2) is 49.0 Å². The summed E-state index contributed by atoms with van der Waals surface area (Å²) in [5.41, 5.74) is 8.18. The van der Waals surface area contributed by atoms with E-state index >= 15 is 0 Å². The van der Waals surface area contributed by atoms with Gasteiger partial charge < -0.3 is 30.4 Å². The Hall–Kier alpha value is -4.30. The number of piperidine rings is 1. The zero-order valence-corrected chi connectivity index (χ0v) is 21.2. The minimum absolute atomic E-state index is 0.149. The molecule has 1 aliphatic rings. The summed E-state index contributed by atoms with van der Waals surface area (Å²) < 4.78 is 11.8. The van der Waals surface area contributed by atoms with Crippen molar-refractivity contribution in [1.29, 1.82) is 0 Å². The van der Waals surface area contributed by atoms with E-state index in [4.69, 9.17) is 14.9 Å². The van der Waals surface area contributed by atoms with Gasteiger partial charge in [-0.2, -0.15) is 0 Å². The van der Waals surface area contributed by atoms with E-state index in [0.717, 1.165) is 31.2 Å². The van der Waals surface area contributed by atoms with Gasteiger partial charge in [-0.15, -0.1) is 0 Å². The van der Waals surface area contributed by atoms with E-state index in [9.17, 15) is 9.59 Å². The molecule has 2 heterocycles. The summed E-state index contributed by atoms with van der Waals surface area (Å²) in [5, 5.41) is 7.24. The third kappa shape index (κ3) is 6.15. The largest absolute Gasteiger partial charge is 0.492 e. The van der Waals surface area contributed by atoms with Crippen LogP contribution in [0.4, 0.5) is 11.4 Å². The fraction of sp³-hybridized carbons (Fsp3) is 0.267. The number of fused-ring (bicyclic) bond motifs is 1. The molecule has 1 fully saturated rings. The first kappa shape index (κ1) is 25.4. The van der Waals surface area contributed by atoms with Crippen LogP contribution in [0.1, 0.15) is 40.2 Å². The van der Waals surface area contributed by atoms with Gasteiger partial charge in [0.05, 0.1) is 17.9 Å². The number of nitrogen functional groups attached to an aromatic ring is 1. The van der Waals surface area contributed by atoms with Crippen molar-refractivity contribution in [3.63, 3.8) is 0 Å². The number of carbonyl (C=O) groups excluding carboxylic acids is 2. The smallest absolute Gasteiger partial charge is 0.289 e. The molecule has 1 aliphatic heterocycles. The molecule has 4 N–H and O–H groups in total. The Morgan fingerprint density at radius 3 is 2.58 bits per heavy atom. The number of ether oxygens (including phenoxy) is 1. The Balaban J connectivity index is 1.21. The van der Waals surface area contributed by atoms with Crippen LogP contribution >= 0.6 is 0 Å². The van der Waals surface area contributed by atoms with Crippen molar-refractivity contribution in [2.75, 3.05) is 37.3 Å². The van der Waals surface area contributed by atoms with Crippen molar-refractivity contribution in [1.82, 2.24) is 10.2 Å². The highest BCUT2D eigenvalue weighted by atomic mass is 16.5. The highest BCUT2D eigenvalue weighted by molar-refractivity contribution is 6.05. The normalized spacial score (nSPS) is 15.2. The molecule has 0 saturated carbocycles. The van der Waals surface area contributed by atoms with Crippen molar-refractivity contribution in [3.05, 3.63) is 90.2 Å². The second kappa shape index (κ2) is 11.8. The highest BCUT2D eigenvalue weighted by Gasteiger charge is 2.24. The van der Waals surface area contributed by atoms with Gasteiger partial charge in [0.2, 0.25) is 0 Å². The number of furan rings is 1. The Labute approximate surface area is 221 Å². The minimum atomic E-state index is -0.253. The molecule has 196 valence electrons. The van der Waals surface area contributed by atoms with Crippen LogP contribution in [0.3, 0.4) is 0 Å². The van der Waals surface area contributed by atoms with E-state index in [-0.39, 0.29) is 17.9 Å². The second-order valence-corrected chi connectivity index (χ2v) is 9.46. The summed E-state index contributed by atoms with van der Waals surface area (Å²) in [6.07, 6.45) is 3.34. The Bertz CT molecular complexity index is 1360. The number of amides is 2. The van der Waals surface area contributed by atoms with E-state index in [1.165, 1.54) is 0 Å². The first-order valence-electron chi connectivity index (χ1n) is 13.0. The molecule has 8 heteroatoms. The van der Waals surface area contributed by atoms with Crippen molar-refractivity contribution in [2.24, 2.45) is 0 Å². The van der Waals surface area contributed by atoms with Gasteiger partial charge >= 0.3 is 0 Å². The number of carbonyl (C=O) groups is 2. The number of hydrogen-bond donors (Lipinski definition) is 3. The Morgan fingerprint density at radius 1 is 1.03 bits per heavy atom. The van der Waals surface area contributed by atoms with Crippen LogP contribution in [-0.2, 0) is 0 Å². The number of nitrogens with zero attached hydrogens (tertiary/aromatic N) is 1. The molecule has 0 spiro atoms. The quantitative estimate of drug-likeness (QED) is 0.274. The zero-order valence-electron chi connectivity index (χ0n) is 21.2. The van der Waals surface area contributed by atoms with Crippen LogP contribution in [0.25, 0.3) is 11.0 Å². The molecule has 0 radical (unpaired) electrons. The maximum absolute atomic E-state index is 13.4. The lowest BCUT2D eigenvalue weighted by Crippen LogP contribution is -2.47. The standard InChI is InChI=1S/C30H32N4O4/c31-25-9-2-3-10-26(25)33-29(35)21-12-14-24(15-13-21)37-18-17-34(20-23-8-5-6-16-32-23)30(36)28-19-22-7-1-4-11-27(22)38-28/h1-4,7,9-15,19,23,32H,5-6,8,16-18,20,31H2,(H,33,35). The average molecular weight is 513 g/mol. The molecule has 3 aromatic carbocycles. The molecule has 2 amide bonds. The number of nitrogens with one attached hydrogen (secondary N) is 2. The predicted octanol–water partition coefficient (Wildman–Crippen LogP) is 4.93. The number of para-hydroxylation sites is 3. The molecule has 8 nitrogen and oxygen atoms in total. The minimum Gasteiger partial charge on any atom is -0.492 e. The molecule has 4 aromatic rings. The fourth-order valence-corrected chi connectivity index (χ4v) is 4.65. The van der Waals surface area contributed by atoms with E-state index in [1.54, 1.807) is 47.4 Å². The van der Waals surface area contributed by atoms with Gasteiger partial charge in [0.15, 0.2) is 5.76 Å². The number of nitrogens with two attached hydrogens (primary N) is 1. The highest BCUT2D eigenvalue weighted by Crippen LogP contribution is 2.22. The lowest BCUT2D eigenvalue weighted by atomic mass is 10.0. The second-order valence-electron chi connectivity index (χ2n) is 9.46. The lowest BCUT2D eigenvalue weighted by molar-refractivity contribution is 0.0674. The summed E-state index contributed by atoms with van der Waals surface area (Å²) in [7, 11) is 0. The van der Waals surface area contributed by atoms with Gasteiger partial charge in [0.1, 0.15) is 17.9 Å². The van der Waals surface area contributed by atoms with Crippen LogP contribution in [0.15, 0.2) is 83.3 Å². The number of rotatable bonds is 9. The maximum Gasteiger partial charge on any atom is 0.289 e. The van der Waals surface area contributed by atoms with Gasteiger partial charge in [-0.3, -0.25) is 9.59 Å². The molecule has 1 saturated heterocycles. The van der Waals surface area contributed by atoms with E-state index in [0.29, 0.717) is 53.7 Å². The number of hydrogen-bond acceptors (Lipinski definition) is 6. The van der Waals surface area contributed by atoms with Gasteiger partial charge in [-0.05, 0) is 67.9 Å². The Kier molecular flexibility index (Phi) is 7.89. The van der Waals surface area contributed by atoms with Gasteiger partial charge in [-0.25, -0.2) is 0 Å². The van der Waals surface area contributed by atoms with Gasteiger partial charge in [-0.1, -0.05) is 36.8 Å². The molecular weight excluding hydrogens is 480 g/mol. The summed E-state index contributed by atoms with van der Waals surface area (Å²) in [6, 6.07) is 23.7. The first-order chi connectivity index (χ1) is 18.6. The summed E-state index contributed by atoms with van der Waals surface area (Å²) in [5.74, 6) is 0.547. The number of benzene rings is 3. The van der Waals surface area contributed by atoms with Crippen molar-refractivity contribution in [2.45, 2.75) is 25.3 Å². The van der Waals surface area contributed by atoms with Crippen LogP contribution in [0.2, 0.25) is 0 Å². The van der Waals surface area contributed by atoms with Gasteiger partial charge in [0.25, 0.3) is 11.8 Å². The number of anilines is 2. The summed E-state index contributed by atoms with van der Waals surface area (Å²) in [6.45, 7) is 2.26. The monoisotopic (exact) mass is 512 g/mol. The molecule has 5 rings (SSSR count). The third-order valence-corrected chi connectivity index (χ3v) is 6.73. The van der Waals surface area contributed by atoms with Crippen LogP contribution < -0.4 is 21.1 Å². The topological polar surface area (TPSA) is 110 Å². The predicted molar refractivity (Wildman–Crippen MR) is 149 cm³/mol. The van der Waals surface area contributed by atoms with Crippen LogP contribution in [0.5, 0.6) is 5.75 Å².